The summed E-state index contributed by atoms with van der Waals surface area (Å²) in [7, 11) is 1.98. The molecule has 1 unspecified atom stereocenters. The van der Waals surface area contributed by atoms with Crippen molar-refractivity contribution in [3.05, 3.63) is 23.9 Å². The van der Waals surface area contributed by atoms with Gasteiger partial charge in [-0.1, -0.05) is 12.8 Å². The minimum absolute atomic E-state index is 0.00900. The first-order valence-electron chi connectivity index (χ1n) is 6.65. The standard InChI is InChI=1S/C14H23N3O/c1-11(15)12-5-8-16-13(9-12)17(2)10-14(18)6-3-4-7-14/h5,8-9,11,18H,3-4,6-7,10,15H2,1-2H3. The summed E-state index contributed by atoms with van der Waals surface area (Å²) in [5.41, 5.74) is 6.41. The van der Waals surface area contributed by atoms with E-state index in [0.29, 0.717) is 6.54 Å². The summed E-state index contributed by atoms with van der Waals surface area (Å²) in [6, 6.07) is 3.95. The van der Waals surface area contributed by atoms with E-state index in [1.54, 1.807) is 6.20 Å². The van der Waals surface area contributed by atoms with Crippen molar-refractivity contribution in [3.63, 3.8) is 0 Å². The highest BCUT2D eigenvalue weighted by Crippen LogP contribution is 2.31. The molecular weight excluding hydrogens is 226 g/mol. The lowest BCUT2D eigenvalue weighted by Gasteiger charge is -2.29. The molecule has 0 amide bonds. The zero-order valence-corrected chi connectivity index (χ0v) is 11.3. The molecule has 1 heterocycles. The molecule has 4 nitrogen and oxygen atoms in total. The van der Waals surface area contributed by atoms with Crippen LogP contribution in [0.25, 0.3) is 0 Å². The molecule has 1 aromatic heterocycles. The number of nitrogens with zero attached hydrogens (tertiary/aromatic N) is 2. The van der Waals surface area contributed by atoms with E-state index in [-0.39, 0.29) is 6.04 Å². The summed E-state index contributed by atoms with van der Waals surface area (Å²) in [6.45, 7) is 2.60. The highest BCUT2D eigenvalue weighted by atomic mass is 16.3. The van der Waals surface area contributed by atoms with E-state index in [9.17, 15) is 5.11 Å². The van der Waals surface area contributed by atoms with E-state index in [1.165, 1.54) is 0 Å². The van der Waals surface area contributed by atoms with Crippen LogP contribution < -0.4 is 10.6 Å². The second-order valence-corrected chi connectivity index (χ2v) is 5.52. The van der Waals surface area contributed by atoms with Gasteiger partial charge in [-0.2, -0.15) is 0 Å². The molecule has 0 saturated heterocycles. The zero-order chi connectivity index (χ0) is 13.2. The maximum atomic E-state index is 10.4. The van der Waals surface area contributed by atoms with Gasteiger partial charge in [0, 0.05) is 25.8 Å². The average Bonchev–Trinajstić information content (AvgIpc) is 2.76. The summed E-state index contributed by atoms with van der Waals surface area (Å²) in [4.78, 5) is 6.38. The summed E-state index contributed by atoms with van der Waals surface area (Å²) < 4.78 is 0. The van der Waals surface area contributed by atoms with Gasteiger partial charge in [0.2, 0.25) is 0 Å². The molecular formula is C14H23N3O. The number of rotatable bonds is 4. The summed E-state index contributed by atoms with van der Waals surface area (Å²) in [5, 5.41) is 10.4. The molecule has 100 valence electrons. The van der Waals surface area contributed by atoms with E-state index in [1.807, 2.05) is 31.0 Å². The van der Waals surface area contributed by atoms with Crippen LogP contribution in [0.15, 0.2) is 18.3 Å². The van der Waals surface area contributed by atoms with Crippen LogP contribution in [0.2, 0.25) is 0 Å². The number of aromatic nitrogens is 1. The predicted octanol–water partition coefficient (Wildman–Crippen LogP) is 1.84. The van der Waals surface area contributed by atoms with Crippen molar-refractivity contribution in [3.8, 4) is 0 Å². The van der Waals surface area contributed by atoms with Crippen LogP contribution in [0.1, 0.15) is 44.2 Å². The summed E-state index contributed by atoms with van der Waals surface area (Å²) in [5.74, 6) is 0.880. The van der Waals surface area contributed by atoms with Crippen molar-refractivity contribution in [2.75, 3.05) is 18.5 Å². The average molecular weight is 249 g/mol. The summed E-state index contributed by atoms with van der Waals surface area (Å²) in [6.07, 6.45) is 5.81. The van der Waals surface area contributed by atoms with Gasteiger partial charge in [0.05, 0.1) is 5.60 Å². The summed E-state index contributed by atoms with van der Waals surface area (Å²) >= 11 is 0. The fourth-order valence-electron chi connectivity index (χ4n) is 2.64. The van der Waals surface area contributed by atoms with Gasteiger partial charge >= 0.3 is 0 Å². The van der Waals surface area contributed by atoms with Gasteiger partial charge in [0.15, 0.2) is 0 Å². The Hall–Kier alpha value is -1.13. The fourth-order valence-corrected chi connectivity index (χ4v) is 2.64. The van der Waals surface area contributed by atoms with Crippen molar-refractivity contribution >= 4 is 5.82 Å². The lowest BCUT2D eigenvalue weighted by Crippen LogP contribution is -2.39. The Bertz CT molecular complexity index is 400. The number of hydrogen-bond donors (Lipinski definition) is 2. The van der Waals surface area contributed by atoms with Crippen molar-refractivity contribution in [1.29, 1.82) is 0 Å². The minimum atomic E-state index is -0.541. The third kappa shape index (κ3) is 3.00. The molecule has 1 fully saturated rings. The molecule has 1 saturated carbocycles. The molecule has 0 aliphatic heterocycles. The van der Waals surface area contributed by atoms with Crippen LogP contribution in [0, 0.1) is 0 Å². The van der Waals surface area contributed by atoms with Gasteiger partial charge in [-0.3, -0.25) is 0 Å². The molecule has 1 aromatic rings. The van der Waals surface area contributed by atoms with Crippen LogP contribution in [0.3, 0.4) is 0 Å². The van der Waals surface area contributed by atoms with Gasteiger partial charge in [0.25, 0.3) is 0 Å². The van der Waals surface area contributed by atoms with Crippen molar-refractivity contribution in [1.82, 2.24) is 4.98 Å². The smallest absolute Gasteiger partial charge is 0.128 e. The quantitative estimate of drug-likeness (QED) is 0.854. The van der Waals surface area contributed by atoms with Crippen molar-refractivity contribution in [2.24, 2.45) is 5.73 Å². The zero-order valence-electron chi connectivity index (χ0n) is 11.3. The van der Waals surface area contributed by atoms with Gasteiger partial charge < -0.3 is 15.7 Å². The molecule has 1 atom stereocenters. The monoisotopic (exact) mass is 249 g/mol. The topological polar surface area (TPSA) is 62.4 Å². The largest absolute Gasteiger partial charge is 0.388 e. The van der Waals surface area contributed by atoms with E-state index in [4.69, 9.17) is 5.73 Å². The van der Waals surface area contributed by atoms with Crippen LogP contribution in [-0.4, -0.2) is 29.3 Å². The Morgan fingerprint density at radius 2 is 2.17 bits per heavy atom. The van der Waals surface area contributed by atoms with Crippen LogP contribution in [-0.2, 0) is 0 Å². The number of hydrogen-bond acceptors (Lipinski definition) is 4. The maximum Gasteiger partial charge on any atom is 0.128 e. The third-order valence-electron chi connectivity index (χ3n) is 3.75. The molecule has 2 rings (SSSR count). The van der Waals surface area contributed by atoms with Gasteiger partial charge in [-0.05, 0) is 37.5 Å². The van der Waals surface area contributed by atoms with Gasteiger partial charge in [-0.15, -0.1) is 0 Å². The molecule has 1 aliphatic carbocycles. The van der Waals surface area contributed by atoms with E-state index >= 15 is 0 Å². The molecule has 1 aliphatic rings. The van der Waals surface area contributed by atoms with Crippen molar-refractivity contribution in [2.45, 2.75) is 44.2 Å². The maximum absolute atomic E-state index is 10.4. The number of anilines is 1. The third-order valence-corrected chi connectivity index (χ3v) is 3.75. The van der Waals surface area contributed by atoms with Crippen molar-refractivity contribution < 1.29 is 5.11 Å². The van der Waals surface area contributed by atoms with E-state index in [2.05, 4.69) is 4.98 Å². The molecule has 3 N–H and O–H groups in total. The van der Waals surface area contributed by atoms with E-state index in [0.717, 1.165) is 37.1 Å². The Labute approximate surface area is 109 Å². The predicted molar refractivity (Wildman–Crippen MR) is 73.5 cm³/mol. The lowest BCUT2D eigenvalue weighted by molar-refractivity contribution is 0.0558. The molecule has 4 heteroatoms. The lowest BCUT2D eigenvalue weighted by atomic mass is 10.0. The van der Waals surface area contributed by atoms with E-state index < -0.39 is 5.60 Å². The SMILES string of the molecule is CC(N)c1ccnc(N(C)CC2(O)CCCC2)c1. The highest BCUT2D eigenvalue weighted by Gasteiger charge is 2.32. The van der Waals surface area contributed by atoms with Crippen LogP contribution in [0.5, 0.6) is 0 Å². The Morgan fingerprint density at radius 1 is 1.50 bits per heavy atom. The van der Waals surface area contributed by atoms with Crippen LogP contribution in [0.4, 0.5) is 5.82 Å². The number of pyridine rings is 1. The number of nitrogens with two attached hydrogens (primary N) is 1. The Morgan fingerprint density at radius 3 is 2.78 bits per heavy atom. The van der Waals surface area contributed by atoms with Gasteiger partial charge in [-0.25, -0.2) is 4.98 Å². The molecule has 0 aromatic carbocycles. The van der Waals surface area contributed by atoms with Crippen LogP contribution >= 0.6 is 0 Å². The first kappa shape index (κ1) is 13.3. The fraction of sp³-hybridized carbons (Fsp3) is 0.643. The Kier molecular flexibility index (Phi) is 3.88. The molecule has 18 heavy (non-hydrogen) atoms. The second-order valence-electron chi connectivity index (χ2n) is 5.52. The first-order chi connectivity index (χ1) is 8.50. The minimum Gasteiger partial charge on any atom is -0.388 e. The normalized spacial score (nSPS) is 19.8. The first-order valence-corrected chi connectivity index (χ1v) is 6.65. The second kappa shape index (κ2) is 5.24. The molecule has 0 radical (unpaired) electrons. The Balaban J connectivity index is 2.08. The van der Waals surface area contributed by atoms with Gasteiger partial charge in [0.1, 0.15) is 5.82 Å². The number of aliphatic hydroxyl groups is 1. The number of likely N-dealkylation sites (N-methyl/N-ethyl adjacent to an activating group) is 1. The molecule has 0 bridgehead atoms. The molecule has 0 spiro atoms. The highest BCUT2D eigenvalue weighted by molar-refractivity contribution is 5.41.